The number of halogens is 1. The van der Waals surface area contributed by atoms with E-state index in [9.17, 15) is 0 Å². The van der Waals surface area contributed by atoms with Gasteiger partial charge in [-0.1, -0.05) is 0 Å². The van der Waals surface area contributed by atoms with Crippen LogP contribution in [0, 0.1) is 0 Å². The molecule has 1 aliphatic carbocycles. The minimum atomic E-state index is -0.0851. The van der Waals surface area contributed by atoms with Crippen molar-refractivity contribution >= 4 is 23.5 Å². The Morgan fingerprint density at radius 2 is 2.05 bits per heavy atom. The smallest absolute Gasteiger partial charge is 0.231 e. The van der Waals surface area contributed by atoms with Gasteiger partial charge in [0.05, 0.1) is 18.8 Å². The van der Waals surface area contributed by atoms with E-state index in [1.807, 2.05) is 0 Å². The molecule has 1 aromatic heterocycles. The predicted molar refractivity (Wildman–Crippen MR) is 79.9 cm³/mol. The van der Waals surface area contributed by atoms with Crippen molar-refractivity contribution in [1.82, 2.24) is 15.0 Å². The lowest BCUT2D eigenvalue weighted by atomic mass is 9.80. The average molecular weight is 314 g/mol. The van der Waals surface area contributed by atoms with E-state index < -0.39 is 0 Å². The Hall–Kier alpha value is -1.18. The molecule has 2 aliphatic rings. The lowest BCUT2D eigenvalue weighted by Gasteiger charge is -2.40. The number of methoxy groups -OCH3 is 1. The Morgan fingerprint density at radius 3 is 2.67 bits per heavy atom. The monoisotopic (exact) mass is 313 g/mol. The molecule has 0 atom stereocenters. The Bertz CT molecular complexity index is 486. The molecule has 116 valence electrons. The Balaban J connectivity index is 1.68. The molecule has 0 aromatic carbocycles. The first-order valence-corrected chi connectivity index (χ1v) is 7.62. The minimum absolute atomic E-state index is 0.0851. The average Bonchev–Trinajstić information content (AvgIpc) is 2.47. The number of aromatic nitrogens is 3. The van der Waals surface area contributed by atoms with Gasteiger partial charge in [-0.15, -0.1) is 0 Å². The Labute approximate surface area is 129 Å². The van der Waals surface area contributed by atoms with Crippen LogP contribution >= 0.6 is 11.6 Å². The van der Waals surface area contributed by atoms with E-state index in [1.54, 1.807) is 7.11 Å². The first kappa shape index (κ1) is 14.7. The van der Waals surface area contributed by atoms with Gasteiger partial charge in [-0.25, -0.2) is 0 Å². The van der Waals surface area contributed by atoms with E-state index in [-0.39, 0.29) is 10.9 Å². The zero-order chi connectivity index (χ0) is 14.7. The quantitative estimate of drug-likeness (QED) is 0.879. The van der Waals surface area contributed by atoms with E-state index in [4.69, 9.17) is 21.1 Å². The molecular formula is C13H20ClN5O2. The molecule has 2 fully saturated rings. The summed E-state index contributed by atoms with van der Waals surface area (Å²) in [4.78, 5) is 14.8. The fourth-order valence-corrected chi connectivity index (χ4v) is 2.74. The van der Waals surface area contributed by atoms with Crippen molar-refractivity contribution in [3.63, 3.8) is 0 Å². The molecular weight excluding hydrogens is 294 g/mol. The highest BCUT2D eigenvalue weighted by Gasteiger charge is 2.37. The number of anilines is 2. The summed E-state index contributed by atoms with van der Waals surface area (Å²) in [6, 6.07) is 0. The number of ether oxygens (including phenoxy) is 2. The molecule has 7 nitrogen and oxygen atoms in total. The minimum Gasteiger partial charge on any atom is -0.378 e. The first-order valence-electron chi connectivity index (χ1n) is 7.24. The summed E-state index contributed by atoms with van der Waals surface area (Å²) in [6.45, 7) is 3.58. The predicted octanol–water partition coefficient (Wildman–Crippen LogP) is 1.34. The van der Waals surface area contributed by atoms with Crippen molar-refractivity contribution in [2.45, 2.75) is 24.9 Å². The lowest BCUT2D eigenvalue weighted by Crippen LogP contribution is -2.45. The molecule has 0 spiro atoms. The number of rotatable bonds is 5. The van der Waals surface area contributed by atoms with Gasteiger partial charge in [0.1, 0.15) is 0 Å². The highest BCUT2D eigenvalue weighted by molar-refractivity contribution is 6.28. The van der Waals surface area contributed by atoms with Crippen LogP contribution in [-0.4, -0.2) is 60.5 Å². The second kappa shape index (κ2) is 6.29. The van der Waals surface area contributed by atoms with Crippen LogP contribution in [0.4, 0.5) is 11.9 Å². The summed E-state index contributed by atoms with van der Waals surface area (Å²) in [5.74, 6) is 1.10. The van der Waals surface area contributed by atoms with Crippen LogP contribution in [-0.2, 0) is 9.47 Å². The van der Waals surface area contributed by atoms with Crippen molar-refractivity contribution in [1.29, 1.82) is 0 Å². The maximum atomic E-state index is 6.01. The summed E-state index contributed by atoms with van der Waals surface area (Å²) < 4.78 is 10.9. The Morgan fingerprint density at radius 1 is 1.29 bits per heavy atom. The summed E-state index contributed by atoms with van der Waals surface area (Å²) in [5, 5.41) is 3.43. The number of hydrogen-bond acceptors (Lipinski definition) is 7. The largest absolute Gasteiger partial charge is 0.378 e. The van der Waals surface area contributed by atoms with Gasteiger partial charge in [0, 0.05) is 26.7 Å². The second-order valence-electron chi connectivity index (χ2n) is 5.42. The highest BCUT2D eigenvalue weighted by Crippen LogP contribution is 2.34. The number of hydrogen-bond donors (Lipinski definition) is 1. The van der Waals surface area contributed by atoms with Crippen molar-refractivity contribution < 1.29 is 9.47 Å². The molecule has 1 aromatic rings. The van der Waals surface area contributed by atoms with Gasteiger partial charge >= 0.3 is 0 Å². The van der Waals surface area contributed by atoms with E-state index >= 15 is 0 Å². The van der Waals surface area contributed by atoms with Gasteiger partial charge < -0.3 is 19.7 Å². The first-order chi connectivity index (χ1) is 10.2. The van der Waals surface area contributed by atoms with Gasteiger partial charge in [0.2, 0.25) is 17.2 Å². The summed E-state index contributed by atoms with van der Waals surface area (Å²) in [5.41, 5.74) is -0.0851. The molecule has 21 heavy (non-hydrogen) atoms. The van der Waals surface area contributed by atoms with Crippen molar-refractivity contribution in [3.8, 4) is 0 Å². The van der Waals surface area contributed by atoms with Crippen LogP contribution in [0.1, 0.15) is 19.3 Å². The van der Waals surface area contributed by atoms with Gasteiger partial charge in [0.15, 0.2) is 0 Å². The van der Waals surface area contributed by atoms with Crippen LogP contribution < -0.4 is 10.2 Å². The van der Waals surface area contributed by atoms with Gasteiger partial charge in [-0.2, -0.15) is 15.0 Å². The summed E-state index contributed by atoms with van der Waals surface area (Å²) in [6.07, 6.45) is 3.32. The number of nitrogens with one attached hydrogen (secondary N) is 1. The number of morpholine rings is 1. The third-order valence-electron chi connectivity index (χ3n) is 4.16. The molecule has 0 radical (unpaired) electrons. The third kappa shape index (κ3) is 3.36. The standard InChI is InChI=1S/C13H20ClN5O2/c1-20-13(3-2-4-13)9-15-11-16-10(14)17-12(18-11)19-5-7-21-8-6-19/h2-9H2,1H3,(H,15,16,17,18). The molecule has 1 saturated carbocycles. The van der Waals surface area contributed by atoms with E-state index in [1.165, 1.54) is 6.42 Å². The molecule has 0 bridgehead atoms. The van der Waals surface area contributed by atoms with Crippen LogP contribution in [0.2, 0.25) is 5.28 Å². The van der Waals surface area contributed by atoms with Crippen LogP contribution in [0.3, 0.4) is 0 Å². The zero-order valence-corrected chi connectivity index (χ0v) is 12.9. The topological polar surface area (TPSA) is 72.4 Å². The fraction of sp³-hybridized carbons (Fsp3) is 0.769. The molecule has 3 rings (SSSR count). The normalized spacial score (nSPS) is 21.0. The molecule has 1 saturated heterocycles. The maximum absolute atomic E-state index is 6.01. The molecule has 8 heteroatoms. The van der Waals surface area contributed by atoms with Crippen molar-refractivity contribution in [2.75, 3.05) is 50.2 Å². The second-order valence-corrected chi connectivity index (χ2v) is 5.76. The van der Waals surface area contributed by atoms with E-state index in [0.717, 1.165) is 25.9 Å². The Kier molecular flexibility index (Phi) is 4.42. The molecule has 2 heterocycles. The summed E-state index contributed by atoms with van der Waals surface area (Å²) >= 11 is 6.01. The highest BCUT2D eigenvalue weighted by atomic mass is 35.5. The van der Waals surface area contributed by atoms with Crippen molar-refractivity contribution in [3.05, 3.63) is 5.28 Å². The maximum Gasteiger partial charge on any atom is 0.231 e. The molecule has 1 N–H and O–H groups in total. The van der Waals surface area contributed by atoms with Crippen LogP contribution in [0.15, 0.2) is 0 Å². The van der Waals surface area contributed by atoms with E-state index in [2.05, 4.69) is 25.2 Å². The third-order valence-corrected chi connectivity index (χ3v) is 4.33. The van der Waals surface area contributed by atoms with Crippen LogP contribution in [0.5, 0.6) is 0 Å². The molecule has 0 unspecified atom stereocenters. The fourth-order valence-electron chi connectivity index (χ4n) is 2.59. The molecule has 0 amide bonds. The van der Waals surface area contributed by atoms with Crippen LogP contribution in [0.25, 0.3) is 0 Å². The van der Waals surface area contributed by atoms with Crippen molar-refractivity contribution in [2.24, 2.45) is 0 Å². The van der Waals surface area contributed by atoms with Gasteiger partial charge in [-0.05, 0) is 30.9 Å². The summed E-state index contributed by atoms with van der Waals surface area (Å²) in [7, 11) is 1.75. The SMILES string of the molecule is COC1(CNc2nc(Cl)nc(N3CCOCC3)n2)CCC1. The van der Waals surface area contributed by atoms with Gasteiger partial charge in [0.25, 0.3) is 0 Å². The van der Waals surface area contributed by atoms with Gasteiger partial charge in [-0.3, -0.25) is 0 Å². The number of nitrogens with zero attached hydrogens (tertiary/aromatic N) is 4. The zero-order valence-electron chi connectivity index (χ0n) is 12.1. The van der Waals surface area contributed by atoms with E-state index in [0.29, 0.717) is 31.7 Å². The lowest BCUT2D eigenvalue weighted by molar-refractivity contribution is -0.0602. The molecule has 1 aliphatic heterocycles.